The molecule has 0 saturated carbocycles. The third-order valence-corrected chi connectivity index (χ3v) is 8.31. The number of hydrogen-bond donors (Lipinski definition) is 0. The summed E-state index contributed by atoms with van der Waals surface area (Å²) in [6, 6.07) is 47.4. The van der Waals surface area contributed by atoms with E-state index < -0.39 is 0 Å². The number of fused-ring (bicyclic) bond motifs is 5. The monoisotopic (exact) mass is 576 g/mol. The first-order valence-electron chi connectivity index (χ1n) is 14.9. The summed E-state index contributed by atoms with van der Waals surface area (Å²) in [4.78, 5) is 19.8. The normalized spacial score (nSPS) is 11.6. The molecule has 5 nitrogen and oxygen atoms in total. The lowest BCUT2D eigenvalue weighted by Crippen LogP contribution is -1.96. The summed E-state index contributed by atoms with van der Waals surface area (Å²) in [6.45, 7) is 0. The number of benzene rings is 6. The quantitative estimate of drug-likeness (QED) is 0.195. The van der Waals surface area contributed by atoms with Crippen molar-refractivity contribution >= 4 is 43.8 Å². The van der Waals surface area contributed by atoms with Crippen molar-refractivity contribution < 1.29 is 4.42 Å². The lowest BCUT2D eigenvalue weighted by atomic mass is 9.93. The Morgan fingerprint density at radius 3 is 1.82 bits per heavy atom. The maximum Gasteiger partial charge on any atom is 0.227 e. The molecular formula is C40H24N4O. The highest BCUT2D eigenvalue weighted by molar-refractivity contribution is 6.12. The number of pyridine rings is 1. The summed E-state index contributed by atoms with van der Waals surface area (Å²) >= 11 is 0. The van der Waals surface area contributed by atoms with E-state index in [0.717, 1.165) is 83.0 Å². The number of rotatable bonds is 4. The topological polar surface area (TPSA) is 64.7 Å². The summed E-state index contributed by atoms with van der Waals surface area (Å²) in [5.74, 6) is 0.577. The van der Waals surface area contributed by atoms with Crippen LogP contribution < -0.4 is 0 Å². The molecule has 6 aromatic carbocycles. The fourth-order valence-electron chi connectivity index (χ4n) is 6.19. The Morgan fingerprint density at radius 2 is 1.07 bits per heavy atom. The van der Waals surface area contributed by atoms with Gasteiger partial charge in [-0.25, -0.2) is 15.0 Å². The molecule has 3 heterocycles. The van der Waals surface area contributed by atoms with Crippen LogP contribution in [0.15, 0.2) is 150 Å². The summed E-state index contributed by atoms with van der Waals surface area (Å²) in [5, 5.41) is 3.41. The Morgan fingerprint density at radius 1 is 0.444 bits per heavy atom. The van der Waals surface area contributed by atoms with E-state index in [9.17, 15) is 0 Å². The average molecular weight is 577 g/mol. The fraction of sp³-hybridized carbons (Fsp3) is 0. The van der Waals surface area contributed by atoms with Crippen molar-refractivity contribution in [3.05, 3.63) is 146 Å². The van der Waals surface area contributed by atoms with Gasteiger partial charge in [-0.05, 0) is 71.1 Å². The smallest absolute Gasteiger partial charge is 0.227 e. The zero-order valence-electron chi connectivity index (χ0n) is 24.1. The van der Waals surface area contributed by atoms with Crippen molar-refractivity contribution in [3.8, 4) is 45.1 Å². The van der Waals surface area contributed by atoms with E-state index in [4.69, 9.17) is 24.4 Å². The van der Waals surface area contributed by atoms with Crippen LogP contribution >= 0.6 is 0 Å². The Hall–Kier alpha value is -6.20. The lowest BCUT2D eigenvalue weighted by molar-refractivity contribution is 0.620. The minimum atomic E-state index is 0.577. The van der Waals surface area contributed by atoms with Gasteiger partial charge in [0.25, 0.3) is 0 Å². The number of oxazole rings is 1. The largest absolute Gasteiger partial charge is 0.436 e. The van der Waals surface area contributed by atoms with Gasteiger partial charge in [0.05, 0.1) is 27.9 Å². The zero-order valence-corrected chi connectivity index (χ0v) is 24.1. The van der Waals surface area contributed by atoms with Crippen LogP contribution in [0.5, 0.6) is 0 Å². The molecule has 0 spiro atoms. The maximum absolute atomic E-state index is 6.11. The standard InChI is InChI=1S/C40H24N4O/c1-2-16-31-30(15-1)32(24-28-14-9-21-41-37(28)31)25-10-7-11-26(22-25)38-39(43-34-18-4-3-17-33(34)42-38)27-12-8-13-29(23-27)40-44-35-19-5-6-20-36(35)45-40/h1-24H. The molecule has 210 valence electrons. The van der Waals surface area contributed by atoms with E-state index in [-0.39, 0.29) is 0 Å². The van der Waals surface area contributed by atoms with Gasteiger partial charge in [0.15, 0.2) is 5.58 Å². The van der Waals surface area contributed by atoms with Crippen LogP contribution in [0.25, 0.3) is 88.9 Å². The molecule has 9 rings (SSSR count). The minimum Gasteiger partial charge on any atom is -0.436 e. The van der Waals surface area contributed by atoms with Gasteiger partial charge in [-0.15, -0.1) is 0 Å². The van der Waals surface area contributed by atoms with Gasteiger partial charge in [0, 0.05) is 33.7 Å². The van der Waals surface area contributed by atoms with Gasteiger partial charge in [0.2, 0.25) is 5.89 Å². The van der Waals surface area contributed by atoms with E-state index in [1.165, 1.54) is 0 Å². The molecule has 0 amide bonds. The molecule has 0 bridgehead atoms. The molecule has 3 aromatic heterocycles. The second kappa shape index (κ2) is 10.2. The summed E-state index contributed by atoms with van der Waals surface area (Å²) in [6.07, 6.45) is 1.86. The Balaban J connectivity index is 1.23. The molecule has 9 aromatic rings. The van der Waals surface area contributed by atoms with E-state index in [1.807, 2.05) is 72.9 Å². The van der Waals surface area contributed by atoms with Crippen LogP contribution in [0.3, 0.4) is 0 Å². The van der Waals surface area contributed by atoms with E-state index in [1.54, 1.807) is 0 Å². The summed E-state index contributed by atoms with van der Waals surface area (Å²) < 4.78 is 6.11. The summed E-state index contributed by atoms with van der Waals surface area (Å²) in [7, 11) is 0. The SMILES string of the molecule is c1cc(-c2nc3ccccc3o2)cc(-c2nc3ccccc3nc2-c2cccc(-c3cc4cccnc4c4ccccc34)c2)c1. The van der Waals surface area contributed by atoms with Crippen molar-refractivity contribution in [3.63, 3.8) is 0 Å². The molecule has 5 heteroatoms. The van der Waals surface area contributed by atoms with E-state index in [2.05, 4.69) is 72.8 Å². The third-order valence-electron chi connectivity index (χ3n) is 8.31. The van der Waals surface area contributed by atoms with E-state index >= 15 is 0 Å². The molecule has 0 radical (unpaired) electrons. The number of nitrogens with zero attached hydrogens (tertiary/aromatic N) is 4. The molecule has 0 atom stereocenters. The van der Waals surface area contributed by atoms with Crippen molar-refractivity contribution in [1.29, 1.82) is 0 Å². The van der Waals surface area contributed by atoms with Crippen LogP contribution in [0.2, 0.25) is 0 Å². The molecule has 0 aliphatic carbocycles. The summed E-state index contributed by atoms with van der Waals surface area (Å²) in [5.41, 5.74) is 11.0. The van der Waals surface area contributed by atoms with Crippen molar-refractivity contribution in [2.24, 2.45) is 0 Å². The van der Waals surface area contributed by atoms with Gasteiger partial charge >= 0.3 is 0 Å². The molecule has 0 aliphatic heterocycles. The van der Waals surface area contributed by atoms with Crippen LogP contribution in [0.4, 0.5) is 0 Å². The van der Waals surface area contributed by atoms with Gasteiger partial charge in [0.1, 0.15) is 5.52 Å². The average Bonchev–Trinajstić information content (AvgIpc) is 3.56. The second-order valence-electron chi connectivity index (χ2n) is 11.1. The first kappa shape index (κ1) is 25.3. The Bertz CT molecular complexity index is 2540. The molecule has 0 N–H and O–H groups in total. The first-order valence-corrected chi connectivity index (χ1v) is 14.9. The second-order valence-corrected chi connectivity index (χ2v) is 11.1. The van der Waals surface area contributed by atoms with Crippen molar-refractivity contribution in [2.75, 3.05) is 0 Å². The van der Waals surface area contributed by atoms with Gasteiger partial charge in [-0.1, -0.05) is 84.9 Å². The molecule has 0 saturated heterocycles. The molecule has 0 unspecified atom stereocenters. The molecular weight excluding hydrogens is 552 g/mol. The number of para-hydroxylation sites is 4. The van der Waals surface area contributed by atoms with Gasteiger partial charge in [-0.2, -0.15) is 0 Å². The van der Waals surface area contributed by atoms with Crippen LogP contribution in [0.1, 0.15) is 0 Å². The first-order chi connectivity index (χ1) is 22.3. The highest BCUT2D eigenvalue weighted by Crippen LogP contribution is 2.38. The third kappa shape index (κ3) is 4.33. The number of aromatic nitrogens is 4. The Kier molecular flexibility index (Phi) is 5.74. The molecule has 45 heavy (non-hydrogen) atoms. The Labute approximate surface area is 258 Å². The van der Waals surface area contributed by atoms with Gasteiger partial charge in [-0.3, -0.25) is 4.98 Å². The molecule has 0 fully saturated rings. The fourth-order valence-corrected chi connectivity index (χ4v) is 6.19. The predicted molar refractivity (Wildman–Crippen MR) is 182 cm³/mol. The highest BCUT2D eigenvalue weighted by Gasteiger charge is 2.17. The van der Waals surface area contributed by atoms with Crippen LogP contribution in [-0.2, 0) is 0 Å². The van der Waals surface area contributed by atoms with E-state index in [0.29, 0.717) is 5.89 Å². The zero-order chi connectivity index (χ0) is 29.7. The van der Waals surface area contributed by atoms with Crippen molar-refractivity contribution in [2.45, 2.75) is 0 Å². The van der Waals surface area contributed by atoms with Crippen LogP contribution in [0, 0.1) is 0 Å². The van der Waals surface area contributed by atoms with Crippen LogP contribution in [-0.4, -0.2) is 19.9 Å². The predicted octanol–water partition coefficient (Wildman–Crippen LogP) is 10.1. The van der Waals surface area contributed by atoms with Gasteiger partial charge < -0.3 is 4.42 Å². The minimum absolute atomic E-state index is 0.577. The molecule has 0 aliphatic rings. The number of hydrogen-bond acceptors (Lipinski definition) is 5. The lowest BCUT2D eigenvalue weighted by Gasteiger charge is -2.14. The highest BCUT2D eigenvalue weighted by atomic mass is 16.3. The maximum atomic E-state index is 6.11. The van der Waals surface area contributed by atoms with Crippen molar-refractivity contribution in [1.82, 2.24) is 19.9 Å².